The number of fused-ring (bicyclic) bond motifs is 1. The Kier molecular flexibility index (Phi) is 6.66. The molecule has 5 rings (SSSR count). The molecule has 0 unspecified atom stereocenters. The summed E-state index contributed by atoms with van der Waals surface area (Å²) in [4.78, 5) is 34.1. The number of nitrogens with zero attached hydrogens (tertiary/aromatic N) is 3. The third-order valence-electron chi connectivity index (χ3n) is 5.44. The van der Waals surface area contributed by atoms with Crippen LogP contribution in [0.25, 0.3) is 5.65 Å². The number of rotatable bonds is 8. The number of amides is 2. The van der Waals surface area contributed by atoms with Crippen molar-refractivity contribution in [2.45, 2.75) is 13.2 Å². The van der Waals surface area contributed by atoms with Gasteiger partial charge in [-0.3, -0.25) is 14.6 Å². The number of imidazole rings is 1. The molecule has 0 atom stereocenters. The second-order valence-electron chi connectivity index (χ2n) is 8.05. The van der Waals surface area contributed by atoms with Gasteiger partial charge in [-0.2, -0.15) is 0 Å². The molecule has 0 radical (unpaired) electrons. The summed E-state index contributed by atoms with van der Waals surface area (Å²) < 4.78 is 7.79. The normalized spacial score (nSPS) is 10.7. The topological polar surface area (TPSA) is 97.6 Å². The minimum absolute atomic E-state index is 0.251. The Balaban J connectivity index is 1.20. The molecule has 178 valence electrons. The number of ether oxygens (including phenoxy) is 1. The van der Waals surface area contributed by atoms with Crippen molar-refractivity contribution < 1.29 is 14.3 Å². The van der Waals surface area contributed by atoms with Crippen LogP contribution in [0.5, 0.6) is 5.75 Å². The van der Waals surface area contributed by atoms with Crippen molar-refractivity contribution in [3.63, 3.8) is 0 Å². The van der Waals surface area contributed by atoms with Gasteiger partial charge in [-0.15, -0.1) is 0 Å². The molecular weight excluding hydrogens is 454 g/mol. The first-order valence-electron chi connectivity index (χ1n) is 11.4. The second-order valence-corrected chi connectivity index (χ2v) is 8.05. The number of carbonyl (C=O) groups is 2. The lowest BCUT2D eigenvalue weighted by atomic mass is 10.1. The first-order valence-corrected chi connectivity index (χ1v) is 11.4. The lowest BCUT2D eigenvalue weighted by Crippen LogP contribution is -2.23. The summed E-state index contributed by atoms with van der Waals surface area (Å²) in [6.07, 6.45) is 5.51. The molecule has 5 aromatic rings. The van der Waals surface area contributed by atoms with E-state index in [-0.39, 0.29) is 18.4 Å². The summed E-state index contributed by atoms with van der Waals surface area (Å²) in [6, 6.07) is 25.0. The molecule has 0 saturated heterocycles. The van der Waals surface area contributed by atoms with E-state index in [4.69, 9.17) is 4.74 Å². The summed E-state index contributed by atoms with van der Waals surface area (Å²) in [5, 5.41) is 5.68. The quantitative estimate of drug-likeness (QED) is 0.343. The maximum Gasteiger partial charge on any atom is 0.255 e. The first kappa shape index (κ1) is 22.8. The predicted octanol–water partition coefficient (Wildman–Crippen LogP) is 4.49. The third-order valence-corrected chi connectivity index (χ3v) is 5.44. The number of hydrogen-bond donors (Lipinski definition) is 2. The third kappa shape index (κ3) is 5.56. The molecule has 8 heteroatoms. The van der Waals surface area contributed by atoms with Gasteiger partial charge in [-0.05, 0) is 60.7 Å². The van der Waals surface area contributed by atoms with Crippen LogP contribution >= 0.6 is 0 Å². The van der Waals surface area contributed by atoms with E-state index < -0.39 is 0 Å². The lowest BCUT2D eigenvalue weighted by molar-refractivity contribution is 0.0949. The summed E-state index contributed by atoms with van der Waals surface area (Å²) in [6.45, 7) is 0.598. The molecule has 0 aliphatic carbocycles. The number of aromatic nitrogens is 3. The molecule has 2 N–H and O–H groups in total. The van der Waals surface area contributed by atoms with Gasteiger partial charge in [0.2, 0.25) is 0 Å². The average molecular weight is 478 g/mol. The van der Waals surface area contributed by atoms with Crippen LogP contribution in [-0.2, 0) is 13.2 Å². The van der Waals surface area contributed by atoms with Crippen molar-refractivity contribution >= 4 is 23.1 Å². The van der Waals surface area contributed by atoms with Crippen molar-refractivity contribution in [3.05, 3.63) is 126 Å². The summed E-state index contributed by atoms with van der Waals surface area (Å²) in [5.41, 5.74) is 3.78. The molecule has 2 amide bonds. The minimum Gasteiger partial charge on any atom is -0.487 e. The maximum absolute atomic E-state index is 12.9. The highest BCUT2D eigenvalue weighted by molar-refractivity contribution is 6.05. The molecule has 36 heavy (non-hydrogen) atoms. The van der Waals surface area contributed by atoms with E-state index in [0.717, 1.165) is 17.0 Å². The number of pyridine rings is 2. The van der Waals surface area contributed by atoms with Crippen molar-refractivity contribution in [2.75, 3.05) is 5.32 Å². The number of carbonyl (C=O) groups excluding carboxylic acids is 2. The standard InChI is InChI=1S/C28H23N5O3/c34-27(30-17-23-9-1-3-13-29-23)20-7-5-10-22(15-20)32-28(35)21-8-6-11-25(16-21)36-19-24-18-33-14-4-2-12-26(33)31-24/h1-16,18H,17,19H2,(H,30,34)(H,32,35). The fourth-order valence-corrected chi connectivity index (χ4v) is 3.66. The Hall–Kier alpha value is -4.98. The van der Waals surface area contributed by atoms with E-state index in [1.54, 1.807) is 54.7 Å². The average Bonchev–Trinajstić information content (AvgIpc) is 3.35. The Morgan fingerprint density at radius 1 is 0.833 bits per heavy atom. The zero-order valence-corrected chi connectivity index (χ0v) is 19.3. The van der Waals surface area contributed by atoms with Crippen LogP contribution in [0, 0.1) is 0 Å². The smallest absolute Gasteiger partial charge is 0.255 e. The Labute approximate surface area is 207 Å². The van der Waals surface area contributed by atoms with Crippen LogP contribution in [0.2, 0.25) is 0 Å². The van der Waals surface area contributed by atoms with Crippen LogP contribution in [-0.4, -0.2) is 26.2 Å². The van der Waals surface area contributed by atoms with E-state index in [2.05, 4.69) is 20.6 Å². The van der Waals surface area contributed by atoms with Gasteiger partial charge >= 0.3 is 0 Å². The molecule has 0 aliphatic heterocycles. The zero-order valence-electron chi connectivity index (χ0n) is 19.3. The number of hydrogen-bond acceptors (Lipinski definition) is 5. The SMILES string of the molecule is O=C(NCc1ccccn1)c1cccc(NC(=O)c2cccc(OCc3cn4ccccc4n3)c2)c1. The molecule has 8 nitrogen and oxygen atoms in total. The molecule has 0 fully saturated rings. The molecular formula is C28H23N5O3. The number of nitrogens with one attached hydrogen (secondary N) is 2. The first-order chi connectivity index (χ1) is 17.6. The Morgan fingerprint density at radius 3 is 2.50 bits per heavy atom. The van der Waals surface area contributed by atoms with Crippen LogP contribution in [0.1, 0.15) is 32.1 Å². The maximum atomic E-state index is 12.9. The zero-order chi connectivity index (χ0) is 24.7. The molecule has 0 aliphatic rings. The Bertz CT molecular complexity index is 1480. The van der Waals surface area contributed by atoms with Gasteiger partial charge in [0.1, 0.15) is 18.0 Å². The monoisotopic (exact) mass is 477 g/mol. The number of anilines is 1. The van der Waals surface area contributed by atoms with Gasteiger partial charge in [0.05, 0.1) is 17.9 Å². The fraction of sp³-hybridized carbons (Fsp3) is 0.0714. The van der Waals surface area contributed by atoms with Gasteiger partial charge < -0.3 is 19.8 Å². The van der Waals surface area contributed by atoms with E-state index in [1.165, 1.54) is 0 Å². The van der Waals surface area contributed by atoms with E-state index in [9.17, 15) is 9.59 Å². The Morgan fingerprint density at radius 2 is 1.67 bits per heavy atom. The molecule has 3 aromatic heterocycles. The molecule has 0 spiro atoms. The van der Waals surface area contributed by atoms with Crippen LogP contribution in [0.15, 0.2) is 104 Å². The van der Waals surface area contributed by atoms with Crippen LogP contribution in [0.4, 0.5) is 5.69 Å². The molecule has 3 heterocycles. The molecule has 0 bridgehead atoms. The van der Waals surface area contributed by atoms with Crippen molar-refractivity contribution in [1.82, 2.24) is 19.7 Å². The predicted molar refractivity (Wildman–Crippen MR) is 136 cm³/mol. The molecule has 2 aromatic carbocycles. The van der Waals surface area contributed by atoms with Gasteiger partial charge in [0.15, 0.2) is 0 Å². The van der Waals surface area contributed by atoms with E-state index in [1.807, 2.05) is 53.2 Å². The minimum atomic E-state index is -0.306. The largest absolute Gasteiger partial charge is 0.487 e. The highest BCUT2D eigenvalue weighted by atomic mass is 16.5. The van der Waals surface area contributed by atoms with Gasteiger partial charge in [0, 0.05) is 35.4 Å². The van der Waals surface area contributed by atoms with E-state index in [0.29, 0.717) is 29.1 Å². The van der Waals surface area contributed by atoms with Gasteiger partial charge in [-0.25, -0.2) is 4.98 Å². The highest BCUT2D eigenvalue weighted by Crippen LogP contribution is 2.18. The lowest BCUT2D eigenvalue weighted by Gasteiger charge is -2.10. The summed E-state index contributed by atoms with van der Waals surface area (Å²) >= 11 is 0. The van der Waals surface area contributed by atoms with Crippen molar-refractivity contribution in [2.24, 2.45) is 0 Å². The van der Waals surface area contributed by atoms with Gasteiger partial charge in [-0.1, -0.05) is 24.3 Å². The van der Waals surface area contributed by atoms with Crippen LogP contribution in [0.3, 0.4) is 0 Å². The summed E-state index contributed by atoms with van der Waals surface area (Å²) in [5.74, 6) is 0.000625. The van der Waals surface area contributed by atoms with Crippen molar-refractivity contribution in [1.29, 1.82) is 0 Å². The van der Waals surface area contributed by atoms with Crippen LogP contribution < -0.4 is 15.4 Å². The molecule has 0 saturated carbocycles. The van der Waals surface area contributed by atoms with E-state index >= 15 is 0 Å². The highest BCUT2D eigenvalue weighted by Gasteiger charge is 2.11. The number of benzene rings is 2. The van der Waals surface area contributed by atoms with Crippen molar-refractivity contribution in [3.8, 4) is 5.75 Å². The summed E-state index contributed by atoms with van der Waals surface area (Å²) in [7, 11) is 0. The second kappa shape index (κ2) is 10.5. The fourth-order valence-electron chi connectivity index (χ4n) is 3.66. The van der Waals surface area contributed by atoms with Gasteiger partial charge in [0.25, 0.3) is 11.8 Å².